The average molecular weight is 276 g/mol. The number of alkyl halides is 1. The Kier molecular flexibility index (Phi) is 4.58. The van der Waals surface area contributed by atoms with Crippen molar-refractivity contribution in [2.75, 3.05) is 12.4 Å². The maximum Gasteiger partial charge on any atom is 0.240 e. The fraction of sp³-hybridized carbons (Fsp3) is 0.500. The van der Waals surface area contributed by atoms with Crippen LogP contribution in [0.1, 0.15) is 26.3 Å². The molecule has 1 aromatic rings. The topological polar surface area (TPSA) is 46.2 Å². The van der Waals surface area contributed by atoms with Crippen molar-refractivity contribution in [1.82, 2.24) is 4.72 Å². The van der Waals surface area contributed by atoms with Gasteiger partial charge >= 0.3 is 0 Å². The Morgan fingerprint density at radius 2 is 1.71 bits per heavy atom. The van der Waals surface area contributed by atoms with Gasteiger partial charge in [0.2, 0.25) is 10.0 Å². The summed E-state index contributed by atoms with van der Waals surface area (Å²) in [5, 5.41) is 0. The lowest BCUT2D eigenvalue weighted by molar-refractivity contribution is 0.580. The minimum Gasteiger partial charge on any atom is -0.210 e. The van der Waals surface area contributed by atoms with Gasteiger partial charge in [0, 0.05) is 12.4 Å². The second kappa shape index (κ2) is 5.38. The molecule has 0 saturated heterocycles. The van der Waals surface area contributed by atoms with E-state index in [4.69, 9.17) is 11.6 Å². The maximum absolute atomic E-state index is 11.8. The zero-order valence-electron chi connectivity index (χ0n) is 10.3. The molecule has 0 amide bonds. The van der Waals surface area contributed by atoms with Gasteiger partial charge in [0.05, 0.1) is 4.90 Å². The highest BCUT2D eigenvalue weighted by molar-refractivity contribution is 7.89. The number of hydrogen-bond acceptors (Lipinski definition) is 2. The number of benzene rings is 1. The predicted octanol–water partition coefficient (Wildman–Crippen LogP) is 2.50. The molecule has 0 aliphatic rings. The van der Waals surface area contributed by atoms with Crippen LogP contribution in [0, 0.1) is 0 Å². The van der Waals surface area contributed by atoms with Crippen molar-refractivity contribution in [3.8, 4) is 0 Å². The molecule has 1 rings (SSSR count). The van der Waals surface area contributed by atoms with Crippen LogP contribution in [0.15, 0.2) is 29.2 Å². The highest BCUT2D eigenvalue weighted by Crippen LogP contribution is 2.23. The number of hydrogen-bond donors (Lipinski definition) is 1. The van der Waals surface area contributed by atoms with Crippen molar-refractivity contribution in [3.63, 3.8) is 0 Å². The fourth-order valence-electron chi connectivity index (χ4n) is 1.39. The molecule has 0 aromatic heterocycles. The molecule has 0 saturated carbocycles. The van der Waals surface area contributed by atoms with Crippen LogP contribution in [0.3, 0.4) is 0 Å². The lowest BCUT2D eigenvalue weighted by atomic mass is 9.87. The molecule has 17 heavy (non-hydrogen) atoms. The third kappa shape index (κ3) is 3.98. The van der Waals surface area contributed by atoms with E-state index in [9.17, 15) is 8.42 Å². The van der Waals surface area contributed by atoms with Gasteiger partial charge in [-0.3, -0.25) is 0 Å². The zero-order chi connectivity index (χ0) is 13.1. The SMILES string of the molecule is CC(C)(C)c1ccc(S(=O)(=O)NCCCl)cc1. The Bertz CT molecular complexity index is 460. The molecule has 5 heteroatoms. The summed E-state index contributed by atoms with van der Waals surface area (Å²) in [5.41, 5.74) is 1.13. The normalized spacial score (nSPS) is 12.7. The minimum absolute atomic E-state index is 0.0197. The number of sulfonamides is 1. The molecule has 96 valence electrons. The Hall–Kier alpha value is -0.580. The van der Waals surface area contributed by atoms with Crippen LogP contribution in [0.5, 0.6) is 0 Å². The van der Waals surface area contributed by atoms with E-state index in [2.05, 4.69) is 25.5 Å². The van der Waals surface area contributed by atoms with Crippen molar-refractivity contribution in [3.05, 3.63) is 29.8 Å². The van der Waals surface area contributed by atoms with Gasteiger partial charge in [0.1, 0.15) is 0 Å². The Morgan fingerprint density at radius 1 is 1.18 bits per heavy atom. The highest BCUT2D eigenvalue weighted by atomic mass is 35.5. The van der Waals surface area contributed by atoms with Crippen molar-refractivity contribution >= 4 is 21.6 Å². The Morgan fingerprint density at radius 3 is 2.12 bits per heavy atom. The summed E-state index contributed by atoms with van der Waals surface area (Å²) in [6.45, 7) is 6.50. The number of nitrogens with one attached hydrogen (secondary N) is 1. The van der Waals surface area contributed by atoms with Gasteiger partial charge in [-0.15, -0.1) is 11.6 Å². The molecular formula is C12H18ClNO2S. The first-order valence-electron chi connectivity index (χ1n) is 5.43. The van der Waals surface area contributed by atoms with Gasteiger partial charge in [-0.1, -0.05) is 32.9 Å². The molecule has 0 unspecified atom stereocenters. The summed E-state index contributed by atoms with van der Waals surface area (Å²) in [6.07, 6.45) is 0. The maximum atomic E-state index is 11.8. The van der Waals surface area contributed by atoms with Crippen molar-refractivity contribution in [2.24, 2.45) is 0 Å². The molecule has 0 atom stereocenters. The van der Waals surface area contributed by atoms with Gasteiger partial charge in [-0.25, -0.2) is 13.1 Å². The lowest BCUT2D eigenvalue weighted by Gasteiger charge is -2.19. The van der Waals surface area contributed by atoms with E-state index < -0.39 is 10.0 Å². The van der Waals surface area contributed by atoms with E-state index in [1.165, 1.54) is 0 Å². The van der Waals surface area contributed by atoms with Crippen LogP contribution in [0.25, 0.3) is 0 Å². The predicted molar refractivity (Wildman–Crippen MR) is 71.1 cm³/mol. The van der Waals surface area contributed by atoms with Crippen LogP contribution in [0.4, 0.5) is 0 Å². The van der Waals surface area contributed by atoms with E-state index in [1.54, 1.807) is 12.1 Å². The largest absolute Gasteiger partial charge is 0.240 e. The summed E-state index contributed by atoms with van der Waals surface area (Å²) in [4.78, 5) is 0.274. The molecule has 0 radical (unpaired) electrons. The first-order chi connectivity index (χ1) is 7.77. The fourth-order valence-corrected chi connectivity index (χ4v) is 2.63. The van der Waals surface area contributed by atoms with Crippen LogP contribution < -0.4 is 4.72 Å². The molecule has 1 aromatic carbocycles. The standard InChI is InChI=1S/C12H18ClNO2S/c1-12(2,3)10-4-6-11(7-5-10)17(15,16)14-9-8-13/h4-7,14H,8-9H2,1-3H3. The minimum atomic E-state index is -3.42. The average Bonchev–Trinajstić information content (AvgIpc) is 2.25. The summed E-state index contributed by atoms with van der Waals surface area (Å²) < 4.78 is 26.0. The van der Waals surface area contributed by atoms with E-state index >= 15 is 0 Å². The molecule has 0 heterocycles. The monoisotopic (exact) mass is 275 g/mol. The second-order valence-electron chi connectivity index (χ2n) is 4.86. The van der Waals surface area contributed by atoms with Crippen LogP contribution in [-0.2, 0) is 15.4 Å². The van der Waals surface area contributed by atoms with Crippen LogP contribution >= 0.6 is 11.6 Å². The van der Waals surface area contributed by atoms with E-state index in [0.717, 1.165) is 5.56 Å². The highest BCUT2D eigenvalue weighted by Gasteiger charge is 2.16. The summed E-state index contributed by atoms with van der Waals surface area (Å²) in [6, 6.07) is 6.93. The van der Waals surface area contributed by atoms with Gasteiger partial charge in [0.25, 0.3) is 0 Å². The van der Waals surface area contributed by atoms with Crippen molar-refractivity contribution < 1.29 is 8.42 Å². The summed E-state index contributed by atoms with van der Waals surface area (Å²) >= 11 is 5.45. The molecular weight excluding hydrogens is 258 g/mol. The van der Waals surface area contributed by atoms with Crippen LogP contribution in [-0.4, -0.2) is 20.8 Å². The summed E-state index contributed by atoms with van der Waals surface area (Å²) in [7, 11) is -3.42. The second-order valence-corrected chi connectivity index (χ2v) is 7.01. The van der Waals surface area contributed by atoms with Gasteiger partial charge in [0.15, 0.2) is 0 Å². The van der Waals surface area contributed by atoms with Crippen LogP contribution in [0.2, 0.25) is 0 Å². The van der Waals surface area contributed by atoms with E-state index in [1.807, 2.05) is 12.1 Å². The van der Waals surface area contributed by atoms with E-state index in [-0.39, 0.29) is 22.7 Å². The quantitative estimate of drug-likeness (QED) is 0.858. The molecule has 0 spiro atoms. The molecule has 3 nitrogen and oxygen atoms in total. The third-order valence-electron chi connectivity index (χ3n) is 2.42. The zero-order valence-corrected chi connectivity index (χ0v) is 11.9. The molecule has 0 aliphatic heterocycles. The lowest BCUT2D eigenvalue weighted by Crippen LogP contribution is -2.25. The number of halogens is 1. The molecule has 0 aliphatic carbocycles. The van der Waals surface area contributed by atoms with Crippen molar-refractivity contribution in [1.29, 1.82) is 0 Å². The molecule has 0 fully saturated rings. The molecule has 1 N–H and O–H groups in total. The number of rotatable bonds is 4. The first-order valence-corrected chi connectivity index (χ1v) is 7.45. The van der Waals surface area contributed by atoms with Gasteiger partial charge < -0.3 is 0 Å². The molecule has 0 bridgehead atoms. The first kappa shape index (κ1) is 14.5. The Balaban J connectivity index is 2.95. The summed E-state index contributed by atoms with van der Waals surface area (Å²) in [5.74, 6) is 0.263. The third-order valence-corrected chi connectivity index (χ3v) is 4.08. The van der Waals surface area contributed by atoms with Crippen molar-refractivity contribution in [2.45, 2.75) is 31.1 Å². The Labute approximate surface area is 108 Å². The van der Waals surface area contributed by atoms with Gasteiger partial charge in [-0.2, -0.15) is 0 Å². The van der Waals surface area contributed by atoms with E-state index in [0.29, 0.717) is 0 Å². The smallest absolute Gasteiger partial charge is 0.210 e. The van der Waals surface area contributed by atoms with Gasteiger partial charge in [-0.05, 0) is 23.1 Å².